The van der Waals surface area contributed by atoms with Gasteiger partial charge in [0.05, 0.1) is 0 Å². The molecule has 3 rings (SSSR count). The van der Waals surface area contributed by atoms with Crippen LogP contribution in [0.4, 0.5) is 0 Å². The molecule has 0 spiro atoms. The summed E-state index contributed by atoms with van der Waals surface area (Å²) in [5.74, 6) is 0.551. The summed E-state index contributed by atoms with van der Waals surface area (Å²) >= 11 is 3.42. The molecule has 1 aliphatic carbocycles. The molecule has 0 aliphatic heterocycles. The molecule has 1 aromatic carbocycles. The minimum atomic E-state index is -3.87. The topological polar surface area (TPSA) is 90.9 Å². The Morgan fingerprint density at radius 1 is 1.35 bits per heavy atom. The summed E-state index contributed by atoms with van der Waals surface area (Å²) in [5, 5.41) is 12.9. The Bertz CT molecular complexity index is 781. The second-order valence-corrected chi connectivity index (χ2v) is 7.28. The van der Waals surface area contributed by atoms with Gasteiger partial charge in [0.1, 0.15) is 0 Å². The zero-order chi connectivity index (χ0) is 14.5. The second kappa shape index (κ2) is 4.64. The first kappa shape index (κ1) is 13.7. The summed E-state index contributed by atoms with van der Waals surface area (Å²) in [4.78, 5) is 0. The average Bonchev–Trinajstić information content (AvgIpc) is 3.09. The fourth-order valence-electron chi connectivity index (χ4n) is 2.15. The van der Waals surface area contributed by atoms with E-state index in [2.05, 4.69) is 26.1 Å². The lowest BCUT2D eigenvalue weighted by Crippen LogP contribution is -2.18. The smallest absolute Gasteiger partial charge is 0.273 e. The van der Waals surface area contributed by atoms with Gasteiger partial charge in [0, 0.05) is 16.1 Å². The first-order chi connectivity index (χ1) is 9.38. The molecule has 0 amide bonds. The van der Waals surface area contributed by atoms with Gasteiger partial charge in [0.2, 0.25) is 0 Å². The number of hydrogen-bond donors (Lipinski definition) is 1. The molecule has 1 saturated carbocycles. The fourth-order valence-corrected chi connectivity index (χ4v) is 3.18. The van der Waals surface area contributed by atoms with Crippen LogP contribution in [-0.4, -0.2) is 23.2 Å². The van der Waals surface area contributed by atoms with Crippen molar-refractivity contribution in [2.24, 2.45) is 5.14 Å². The molecule has 1 heterocycles. The summed E-state index contributed by atoms with van der Waals surface area (Å²) in [5.41, 5.74) is 1.86. The molecule has 0 bridgehead atoms. The van der Waals surface area contributed by atoms with E-state index in [1.54, 1.807) is 4.57 Å². The van der Waals surface area contributed by atoms with Crippen molar-refractivity contribution in [1.29, 1.82) is 0 Å². The van der Waals surface area contributed by atoms with Crippen molar-refractivity contribution in [3.05, 3.63) is 28.2 Å². The van der Waals surface area contributed by atoms with Crippen molar-refractivity contribution in [2.45, 2.75) is 31.0 Å². The molecular weight excluding hydrogens is 344 g/mol. The van der Waals surface area contributed by atoms with Crippen LogP contribution >= 0.6 is 15.9 Å². The number of nitrogens with zero attached hydrogens (tertiary/aromatic N) is 3. The SMILES string of the molecule is Cc1ccc(Br)cc1-c1nnc(S(N)(=O)=O)n1C1CC1. The zero-order valence-electron chi connectivity index (χ0n) is 10.7. The standard InChI is InChI=1S/C12H13BrN4O2S/c1-7-2-3-8(13)6-10(7)11-15-16-12(20(14,18)19)17(11)9-4-5-9/h2-3,6,9H,4-5H2,1H3,(H2,14,18,19). The third-order valence-electron chi connectivity index (χ3n) is 3.27. The van der Waals surface area contributed by atoms with Crippen LogP contribution in [0.25, 0.3) is 11.4 Å². The monoisotopic (exact) mass is 356 g/mol. The maximum atomic E-state index is 11.6. The van der Waals surface area contributed by atoms with Crippen LogP contribution < -0.4 is 5.14 Å². The molecule has 106 valence electrons. The average molecular weight is 357 g/mol. The lowest BCUT2D eigenvalue weighted by Gasteiger charge is -2.10. The minimum Gasteiger partial charge on any atom is -0.294 e. The van der Waals surface area contributed by atoms with E-state index in [-0.39, 0.29) is 11.2 Å². The number of hydrogen-bond acceptors (Lipinski definition) is 4. The van der Waals surface area contributed by atoms with Crippen molar-refractivity contribution in [3.63, 3.8) is 0 Å². The quantitative estimate of drug-likeness (QED) is 0.910. The Labute approximate surface area is 125 Å². The van der Waals surface area contributed by atoms with Gasteiger partial charge < -0.3 is 0 Å². The number of aromatic nitrogens is 3. The number of primary sulfonamides is 1. The van der Waals surface area contributed by atoms with Gasteiger partial charge in [-0.3, -0.25) is 4.57 Å². The molecule has 20 heavy (non-hydrogen) atoms. The summed E-state index contributed by atoms with van der Waals surface area (Å²) in [6, 6.07) is 5.90. The third-order valence-corrected chi connectivity index (χ3v) is 4.55. The predicted octanol–water partition coefficient (Wildman–Crippen LogP) is 2.00. The Morgan fingerprint density at radius 3 is 2.65 bits per heavy atom. The van der Waals surface area contributed by atoms with E-state index in [1.807, 2.05) is 25.1 Å². The molecule has 0 saturated heterocycles. The summed E-state index contributed by atoms with van der Waals surface area (Å²) in [6.07, 6.45) is 1.83. The Kier molecular flexibility index (Phi) is 3.19. The molecule has 1 aliphatic rings. The normalized spacial score (nSPS) is 15.6. The van der Waals surface area contributed by atoms with Crippen LogP contribution in [0, 0.1) is 6.92 Å². The summed E-state index contributed by atoms with van der Waals surface area (Å²) < 4.78 is 25.8. The highest BCUT2D eigenvalue weighted by Crippen LogP contribution is 2.40. The first-order valence-corrected chi connectivity index (χ1v) is 8.46. The summed E-state index contributed by atoms with van der Waals surface area (Å²) in [7, 11) is -3.87. The van der Waals surface area contributed by atoms with E-state index in [9.17, 15) is 8.42 Å². The van der Waals surface area contributed by atoms with E-state index in [4.69, 9.17) is 5.14 Å². The minimum absolute atomic E-state index is 0.117. The fraction of sp³-hybridized carbons (Fsp3) is 0.333. The van der Waals surface area contributed by atoms with E-state index >= 15 is 0 Å². The lowest BCUT2D eigenvalue weighted by molar-refractivity contribution is 0.567. The Balaban J connectivity index is 2.25. The van der Waals surface area contributed by atoms with Crippen LogP contribution in [0.2, 0.25) is 0 Å². The van der Waals surface area contributed by atoms with Gasteiger partial charge >= 0.3 is 0 Å². The van der Waals surface area contributed by atoms with Crippen molar-refractivity contribution in [3.8, 4) is 11.4 Å². The van der Waals surface area contributed by atoms with Crippen molar-refractivity contribution >= 4 is 26.0 Å². The Morgan fingerprint density at radius 2 is 2.05 bits per heavy atom. The van der Waals surface area contributed by atoms with Gasteiger partial charge in [-0.05, 0) is 37.5 Å². The molecule has 0 atom stereocenters. The number of nitrogens with two attached hydrogens (primary N) is 1. The van der Waals surface area contributed by atoms with Crippen LogP contribution in [0.5, 0.6) is 0 Å². The van der Waals surface area contributed by atoms with Crippen LogP contribution in [0.1, 0.15) is 24.4 Å². The highest BCUT2D eigenvalue weighted by atomic mass is 79.9. The van der Waals surface area contributed by atoms with Gasteiger partial charge in [0.15, 0.2) is 5.82 Å². The highest BCUT2D eigenvalue weighted by Gasteiger charge is 2.33. The molecule has 0 radical (unpaired) electrons. The van der Waals surface area contributed by atoms with E-state index in [1.165, 1.54) is 0 Å². The van der Waals surface area contributed by atoms with Crippen LogP contribution in [-0.2, 0) is 10.0 Å². The molecule has 0 unspecified atom stereocenters. The Hall–Kier alpha value is -1.25. The molecule has 2 N–H and O–H groups in total. The number of sulfonamides is 1. The molecular formula is C12H13BrN4O2S. The van der Waals surface area contributed by atoms with Gasteiger partial charge in [-0.1, -0.05) is 22.0 Å². The molecule has 8 heteroatoms. The predicted molar refractivity (Wildman–Crippen MR) is 77.5 cm³/mol. The van der Waals surface area contributed by atoms with E-state index in [0.717, 1.165) is 28.4 Å². The maximum Gasteiger partial charge on any atom is 0.273 e. The molecule has 6 nitrogen and oxygen atoms in total. The lowest BCUT2D eigenvalue weighted by atomic mass is 10.1. The zero-order valence-corrected chi connectivity index (χ0v) is 13.1. The van der Waals surface area contributed by atoms with Gasteiger partial charge in [-0.15, -0.1) is 10.2 Å². The van der Waals surface area contributed by atoms with E-state index < -0.39 is 10.0 Å². The number of halogens is 1. The highest BCUT2D eigenvalue weighted by molar-refractivity contribution is 9.10. The van der Waals surface area contributed by atoms with Gasteiger partial charge in [-0.25, -0.2) is 13.6 Å². The molecule has 1 fully saturated rings. The first-order valence-electron chi connectivity index (χ1n) is 6.12. The maximum absolute atomic E-state index is 11.6. The largest absolute Gasteiger partial charge is 0.294 e. The number of aryl methyl sites for hydroxylation is 1. The molecule has 2 aromatic rings. The number of benzene rings is 1. The number of rotatable bonds is 3. The van der Waals surface area contributed by atoms with E-state index in [0.29, 0.717) is 5.82 Å². The van der Waals surface area contributed by atoms with Crippen molar-refractivity contribution < 1.29 is 8.42 Å². The molecule has 1 aromatic heterocycles. The van der Waals surface area contributed by atoms with Crippen LogP contribution in [0.3, 0.4) is 0 Å². The second-order valence-electron chi connectivity index (χ2n) is 4.91. The van der Waals surface area contributed by atoms with Gasteiger partial charge in [0.25, 0.3) is 15.2 Å². The van der Waals surface area contributed by atoms with Gasteiger partial charge in [-0.2, -0.15) is 0 Å². The van der Waals surface area contributed by atoms with Crippen molar-refractivity contribution in [2.75, 3.05) is 0 Å². The third kappa shape index (κ3) is 2.38. The summed E-state index contributed by atoms with van der Waals surface area (Å²) in [6.45, 7) is 1.95. The van der Waals surface area contributed by atoms with Crippen molar-refractivity contribution in [1.82, 2.24) is 14.8 Å². The van der Waals surface area contributed by atoms with Crippen LogP contribution in [0.15, 0.2) is 27.8 Å².